The highest BCUT2D eigenvalue weighted by molar-refractivity contribution is 5.91. The van der Waals surface area contributed by atoms with E-state index in [0.29, 0.717) is 12.3 Å². The molecule has 0 aliphatic carbocycles. The maximum Gasteiger partial charge on any atom is 0.322 e. The molecule has 2 aromatic carbocycles. The molecule has 1 N–H and O–H groups in total. The molecule has 0 bridgehead atoms. The lowest BCUT2D eigenvalue weighted by molar-refractivity contribution is -0.384. The van der Waals surface area contributed by atoms with Gasteiger partial charge in [-0.3, -0.25) is 10.1 Å². The van der Waals surface area contributed by atoms with Crippen molar-refractivity contribution in [2.24, 2.45) is 0 Å². The number of amides is 2. The molecule has 0 atom stereocenters. The highest BCUT2D eigenvalue weighted by Crippen LogP contribution is 2.29. The van der Waals surface area contributed by atoms with E-state index in [9.17, 15) is 14.9 Å². The molecule has 0 unspecified atom stereocenters. The van der Waals surface area contributed by atoms with Gasteiger partial charge in [-0.05, 0) is 49.1 Å². The summed E-state index contributed by atoms with van der Waals surface area (Å²) in [7, 11) is 3.09. The minimum atomic E-state index is -0.544. The van der Waals surface area contributed by atoms with Crippen LogP contribution in [0.15, 0.2) is 42.5 Å². The molecule has 1 heterocycles. The second kappa shape index (κ2) is 9.27. The SMILES string of the molecule is COc1ccc(NC(=O)N(C)Cc2ccc(N3CCCCC3)cc2)c([N+](=O)[O-])c1. The molecule has 0 saturated carbocycles. The first-order valence-electron chi connectivity index (χ1n) is 9.66. The van der Waals surface area contributed by atoms with Gasteiger partial charge in [0.15, 0.2) is 0 Å². The van der Waals surface area contributed by atoms with Gasteiger partial charge < -0.3 is 19.9 Å². The maximum absolute atomic E-state index is 12.5. The van der Waals surface area contributed by atoms with E-state index >= 15 is 0 Å². The van der Waals surface area contributed by atoms with Crippen LogP contribution in [-0.2, 0) is 6.54 Å². The number of piperidine rings is 1. The van der Waals surface area contributed by atoms with Crippen molar-refractivity contribution in [1.29, 1.82) is 0 Å². The number of urea groups is 1. The number of nitro benzene ring substituents is 1. The zero-order valence-electron chi connectivity index (χ0n) is 16.8. The van der Waals surface area contributed by atoms with Crippen molar-refractivity contribution in [2.75, 3.05) is 37.5 Å². The highest BCUT2D eigenvalue weighted by atomic mass is 16.6. The molecule has 1 fully saturated rings. The summed E-state index contributed by atoms with van der Waals surface area (Å²) in [5, 5.41) is 13.9. The van der Waals surface area contributed by atoms with Gasteiger partial charge in [-0.1, -0.05) is 12.1 Å². The number of carbonyl (C=O) groups is 1. The van der Waals surface area contributed by atoms with Crippen LogP contribution in [0.5, 0.6) is 5.75 Å². The van der Waals surface area contributed by atoms with Crippen molar-refractivity contribution in [3.63, 3.8) is 0 Å². The smallest absolute Gasteiger partial charge is 0.322 e. The third kappa shape index (κ3) is 5.16. The Hall–Kier alpha value is -3.29. The predicted octanol–water partition coefficient (Wildman–Crippen LogP) is 4.26. The van der Waals surface area contributed by atoms with Crippen LogP contribution in [0, 0.1) is 10.1 Å². The molecule has 29 heavy (non-hydrogen) atoms. The van der Waals surface area contributed by atoms with Crippen LogP contribution in [-0.4, -0.2) is 43.1 Å². The van der Waals surface area contributed by atoms with Crippen molar-refractivity contribution in [3.8, 4) is 5.75 Å². The number of hydrogen-bond donors (Lipinski definition) is 1. The van der Waals surface area contributed by atoms with E-state index in [2.05, 4.69) is 22.3 Å². The number of carbonyl (C=O) groups excluding carboxylic acids is 1. The lowest BCUT2D eigenvalue weighted by atomic mass is 10.1. The molecular formula is C21H26N4O4. The van der Waals surface area contributed by atoms with Crippen molar-refractivity contribution in [1.82, 2.24) is 4.90 Å². The topological polar surface area (TPSA) is 88.0 Å². The fraction of sp³-hybridized carbons (Fsp3) is 0.381. The van der Waals surface area contributed by atoms with Gasteiger partial charge in [0, 0.05) is 32.4 Å². The van der Waals surface area contributed by atoms with Crippen LogP contribution in [0.3, 0.4) is 0 Å². The van der Waals surface area contributed by atoms with Gasteiger partial charge in [0.25, 0.3) is 5.69 Å². The molecular weight excluding hydrogens is 372 g/mol. The average Bonchev–Trinajstić information content (AvgIpc) is 2.75. The summed E-state index contributed by atoms with van der Waals surface area (Å²) in [5.74, 6) is 0.358. The Morgan fingerprint density at radius 3 is 2.48 bits per heavy atom. The minimum absolute atomic E-state index is 0.132. The number of methoxy groups -OCH3 is 1. The summed E-state index contributed by atoms with van der Waals surface area (Å²) >= 11 is 0. The van der Waals surface area contributed by atoms with E-state index in [1.165, 1.54) is 49.1 Å². The Balaban J connectivity index is 1.63. The summed E-state index contributed by atoms with van der Waals surface area (Å²) < 4.78 is 5.01. The first-order valence-corrected chi connectivity index (χ1v) is 9.66. The minimum Gasteiger partial charge on any atom is -0.496 e. The van der Waals surface area contributed by atoms with Crippen LogP contribution < -0.4 is 15.0 Å². The van der Waals surface area contributed by atoms with E-state index in [-0.39, 0.29) is 11.4 Å². The Morgan fingerprint density at radius 1 is 1.17 bits per heavy atom. The summed E-state index contributed by atoms with van der Waals surface area (Å²) in [6.07, 6.45) is 3.74. The Morgan fingerprint density at radius 2 is 1.86 bits per heavy atom. The highest BCUT2D eigenvalue weighted by Gasteiger charge is 2.19. The fourth-order valence-electron chi connectivity index (χ4n) is 3.42. The van der Waals surface area contributed by atoms with Crippen LogP contribution in [0.1, 0.15) is 24.8 Å². The van der Waals surface area contributed by atoms with E-state index in [0.717, 1.165) is 18.7 Å². The Labute approximate surface area is 170 Å². The molecule has 8 heteroatoms. The number of nitrogens with zero attached hydrogens (tertiary/aromatic N) is 3. The first kappa shape index (κ1) is 20.4. The van der Waals surface area contributed by atoms with Crippen molar-refractivity contribution in [2.45, 2.75) is 25.8 Å². The fourth-order valence-corrected chi connectivity index (χ4v) is 3.42. The summed E-state index contributed by atoms with van der Waals surface area (Å²) in [6.45, 7) is 2.57. The van der Waals surface area contributed by atoms with Gasteiger partial charge in [-0.2, -0.15) is 0 Å². The summed E-state index contributed by atoms with van der Waals surface area (Å²) in [5.41, 5.74) is 2.12. The van der Waals surface area contributed by atoms with E-state index < -0.39 is 11.0 Å². The van der Waals surface area contributed by atoms with E-state index in [4.69, 9.17) is 4.74 Å². The summed E-state index contributed by atoms with van der Waals surface area (Å²) in [4.78, 5) is 27.1. The number of benzene rings is 2. The number of nitro groups is 1. The van der Waals surface area contributed by atoms with Crippen molar-refractivity contribution in [3.05, 3.63) is 58.1 Å². The predicted molar refractivity (Wildman–Crippen MR) is 113 cm³/mol. The summed E-state index contributed by atoms with van der Waals surface area (Å²) in [6, 6.07) is 12.1. The number of hydrogen-bond acceptors (Lipinski definition) is 5. The number of anilines is 2. The first-order chi connectivity index (χ1) is 14.0. The lowest BCUT2D eigenvalue weighted by Gasteiger charge is -2.29. The Bertz CT molecular complexity index is 863. The molecule has 1 saturated heterocycles. The molecule has 2 amide bonds. The molecule has 154 valence electrons. The molecule has 0 aromatic heterocycles. The van der Waals surface area contributed by atoms with Crippen LogP contribution in [0.2, 0.25) is 0 Å². The number of nitrogens with one attached hydrogen (secondary N) is 1. The zero-order chi connectivity index (χ0) is 20.8. The van der Waals surface area contributed by atoms with Crippen LogP contribution >= 0.6 is 0 Å². The van der Waals surface area contributed by atoms with Gasteiger partial charge in [0.05, 0.1) is 18.1 Å². The van der Waals surface area contributed by atoms with Crippen molar-refractivity contribution < 1.29 is 14.5 Å². The standard InChI is InChI=1S/C21H26N4O4/c1-23(15-16-6-8-17(9-7-16)24-12-4-3-5-13-24)21(26)22-19-11-10-18(29-2)14-20(19)25(27)28/h6-11,14H,3-5,12-13,15H2,1-2H3,(H,22,26). The van der Waals surface area contributed by atoms with Crippen LogP contribution in [0.25, 0.3) is 0 Å². The molecule has 3 rings (SSSR count). The van der Waals surface area contributed by atoms with Crippen molar-refractivity contribution >= 4 is 23.1 Å². The second-order valence-corrected chi connectivity index (χ2v) is 7.14. The number of rotatable bonds is 6. The molecule has 2 aromatic rings. The molecule has 8 nitrogen and oxygen atoms in total. The van der Waals surface area contributed by atoms with Gasteiger partial charge in [0.2, 0.25) is 0 Å². The van der Waals surface area contributed by atoms with E-state index in [1.54, 1.807) is 13.1 Å². The Kier molecular flexibility index (Phi) is 6.54. The second-order valence-electron chi connectivity index (χ2n) is 7.14. The normalized spacial score (nSPS) is 13.7. The largest absolute Gasteiger partial charge is 0.496 e. The zero-order valence-corrected chi connectivity index (χ0v) is 16.8. The van der Waals surface area contributed by atoms with E-state index in [1.807, 2.05) is 12.1 Å². The average molecular weight is 398 g/mol. The lowest BCUT2D eigenvalue weighted by Crippen LogP contribution is -2.31. The molecule has 1 aliphatic rings. The van der Waals surface area contributed by atoms with Gasteiger partial charge in [0.1, 0.15) is 11.4 Å². The quantitative estimate of drug-likeness (QED) is 0.580. The molecule has 0 radical (unpaired) electrons. The number of ether oxygens (including phenoxy) is 1. The third-order valence-corrected chi connectivity index (χ3v) is 5.07. The maximum atomic E-state index is 12.5. The van der Waals surface area contributed by atoms with Gasteiger partial charge in [-0.15, -0.1) is 0 Å². The van der Waals surface area contributed by atoms with Crippen LogP contribution in [0.4, 0.5) is 21.9 Å². The van der Waals surface area contributed by atoms with Gasteiger partial charge in [-0.25, -0.2) is 4.79 Å². The molecule has 0 spiro atoms. The third-order valence-electron chi connectivity index (χ3n) is 5.07. The molecule has 1 aliphatic heterocycles. The monoisotopic (exact) mass is 398 g/mol. The van der Waals surface area contributed by atoms with Gasteiger partial charge >= 0.3 is 6.03 Å².